The Morgan fingerprint density at radius 2 is 2.03 bits per heavy atom. The normalized spacial score (nSPS) is 21.2. The van der Waals surface area contributed by atoms with E-state index in [0.717, 1.165) is 6.42 Å². The van der Waals surface area contributed by atoms with Gasteiger partial charge < -0.3 is 15.0 Å². The number of anilines is 2. The molecule has 2 fully saturated rings. The number of nitrogens with zero attached hydrogens (tertiary/aromatic N) is 2. The fraction of sp³-hybridized carbons (Fsp3) is 0.522. The quantitative estimate of drug-likeness (QED) is 0.704. The Morgan fingerprint density at radius 3 is 2.65 bits per heavy atom. The van der Waals surface area contributed by atoms with E-state index in [0.29, 0.717) is 48.7 Å². The average Bonchev–Trinajstić information content (AvgIpc) is 3.29. The van der Waals surface area contributed by atoms with Crippen LogP contribution < -0.4 is 10.2 Å². The van der Waals surface area contributed by atoms with Crippen LogP contribution in [0.15, 0.2) is 18.2 Å². The standard InChI is InChI=1S/C23H28ClN3O4/c1-5-11-23(12-7-14-27(23)21(30)31-22(2,3)4)20(29)25-18-15-16(9-10-17(18)24)26-13-6-8-19(26)28/h1,9-10,15H,6-8,11-14H2,2-4H3,(H,25,29)/t23-/m0/s1. The molecule has 2 aliphatic heterocycles. The zero-order valence-corrected chi connectivity index (χ0v) is 18.9. The second-order valence-electron chi connectivity index (χ2n) is 8.92. The van der Waals surface area contributed by atoms with Crippen LogP contribution in [0.5, 0.6) is 0 Å². The lowest BCUT2D eigenvalue weighted by Gasteiger charge is -2.36. The summed E-state index contributed by atoms with van der Waals surface area (Å²) in [4.78, 5) is 41.5. The molecule has 8 heteroatoms. The summed E-state index contributed by atoms with van der Waals surface area (Å²) >= 11 is 6.33. The van der Waals surface area contributed by atoms with Gasteiger partial charge in [0.1, 0.15) is 11.1 Å². The minimum atomic E-state index is -1.22. The zero-order valence-electron chi connectivity index (χ0n) is 18.2. The van der Waals surface area contributed by atoms with Crippen LogP contribution in [0.3, 0.4) is 0 Å². The predicted octanol–water partition coefficient (Wildman–Crippen LogP) is 4.20. The first-order valence-corrected chi connectivity index (χ1v) is 10.8. The molecular weight excluding hydrogens is 418 g/mol. The van der Waals surface area contributed by atoms with Crippen molar-refractivity contribution in [1.82, 2.24) is 4.90 Å². The van der Waals surface area contributed by atoms with E-state index in [4.69, 9.17) is 22.8 Å². The highest BCUT2D eigenvalue weighted by molar-refractivity contribution is 6.34. The van der Waals surface area contributed by atoms with Crippen molar-refractivity contribution in [2.24, 2.45) is 0 Å². The van der Waals surface area contributed by atoms with E-state index >= 15 is 0 Å². The summed E-state index contributed by atoms with van der Waals surface area (Å²) in [7, 11) is 0. The minimum Gasteiger partial charge on any atom is -0.444 e. The fourth-order valence-corrected chi connectivity index (χ4v) is 4.23. The van der Waals surface area contributed by atoms with Crippen LogP contribution in [0.2, 0.25) is 5.02 Å². The number of rotatable bonds is 4. The van der Waals surface area contributed by atoms with E-state index in [2.05, 4.69) is 11.2 Å². The molecule has 3 rings (SSSR count). The van der Waals surface area contributed by atoms with Crippen LogP contribution in [-0.4, -0.2) is 47.0 Å². The summed E-state index contributed by atoms with van der Waals surface area (Å²) < 4.78 is 5.51. The van der Waals surface area contributed by atoms with Crippen molar-refractivity contribution in [1.29, 1.82) is 0 Å². The average molecular weight is 446 g/mol. The van der Waals surface area contributed by atoms with Gasteiger partial charge in [-0.15, -0.1) is 12.3 Å². The molecule has 0 radical (unpaired) electrons. The highest BCUT2D eigenvalue weighted by Gasteiger charge is 2.50. The lowest BCUT2D eigenvalue weighted by atomic mass is 9.91. The van der Waals surface area contributed by atoms with Gasteiger partial charge in [-0.3, -0.25) is 14.5 Å². The number of hydrogen-bond acceptors (Lipinski definition) is 4. The van der Waals surface area contributed by atoms with E-state index in [9.17, 15) is 14.4 Å². The number of likely N-dealkylation sites (tertiary alicyclic amines) is 1. The van der Waals surface area contributed by atoms with Gasteiger partial charge in [0.05, 0.1) is 10.7 Å². The predicted molar refractivity (Wildman–Crippen MR) is 120 cm³/mol. The molecule has 0 aromatic heterocycles. The second kappa shape index (κ2) is 8.80. The molecule has 166 valence electrons. The molecule has 31 heavy (non-hydrogen) atoms. The highest BCUT2D eigenvalue weighted by Crippen LogP contribution is 2.37. The molecule has 7 nitrogen and oxygen atoms in total. The Bertz CT molecular complexity index is 934. The number of nitrogens with one attached hydrogen (secondary N) is 1. The Hall–Kier alpha value is -2.72. The highest BCUT2D eigenvalue weighted by atomic mass is 35.5. The number of benzene rings is 1. The molecule has 2 aliphatic rings. The van der Waals surface area contributed by atoms with Gasteiger partial charge in [0.15, 0.2) is 0 Å². The number of ether oxygens (including phenoxy) is 1. The van der Waals surface area contributed by atoms with Crippen LogP contribution in [0.4, 0.5) is 16.2 Å². The molecule has 0 unspecified atom stereocenters. The Kier molecular flexibility index (Phi) is 6.51. The van der Waals surface area contributed by atoms with E-state index < -0.39 is 23.1 Å². The summed E-state index contributed by atoms with van der Waals surface area (Å²) in [6, 6.07) is 5.08. The summed E-state index contributed by atoms with van der Waals surface area (Å²) in [5, 5.41) is 3.18. The molecule has 2 saturated heterocycles. The van der Waals surface area contributed by atoms with Crippen LogP contribution in [0.1, 0.15) is 52.9 Å². The Labute approximate surface area is 188 Å². The molecule has 3 amide bonds. The molecule has 2 heterocycles. The van der Waals surface area contributed by atoms with E-state index in [1.54, 1.807) is 43.9 Å². The maximum absolute atomic E-state index is 13.5. The van der Waals surface area contributed by atoms with Crippen molar-refractivity contribution < 1.29 is 19.1 Å². The third kappa shape index (κ3) is 4.80. The lowest BCUT2D eigenvalue weighted by Crippen LogP contribution is -2.56. The van der Waals surface area contributed by atoms with Crippen molar-refractivity contribution in [3.05, 3.63) is 23.2 Å². The number of halogens is 1. The Morgan fingerprint density at radius 1 is 1.29 bits per heavy atom. The van der Waals surface area contributed by atoms with Gasteiger partial charge in [-0.05, 0) is 58.2 Å². The van der Waals surface area contributed by atoms with Crippen LogP contribution in [0, 0.1) is 12.3 Å². The molecule has 0 aliphatic carbocycles. The van der Waals surface area contributed by atoms with Crippen LogP contribution >= 0.6 is 11.6 Å². The maximum Gasteiger partial charge on any atom is 0.411 e. The number of carbonyl (C=O) groups excluding carboxylic acids is 3. The summed E-state index contributed by atoms with van der Waals surface area (Å²) in [6.07, 6.45) is 7.41. The van der Waals surface area contributed by atoms with Gasteiger partial charge >= 0.3 is 6.09 Å². The number of terminal acetylenes is 1. The lowest BCUT2D eigenvalue weighted by molar-refractivity contribution is -0.126. The van der Waals surface area contributed by atoms with Crippen LogP contribution in [0.25, 0.3) is 0 Å². The third-order valence-electron chi connectivity index (χ3n) is 5.50. The molecule has 1 atom stereocenters. The van der Waals surface area contributed by atoms with Gasteiger partial charge in [-0.1, -0.05) is 11.6 Å². The summed E-state index contributed by atoms with van der Waals surface area (Å²) in [6.45, 7) is 6.32. The first kappa shape index (κ1) is 23.0. The molecular formula is C23H28ClN3O4. The van der Waals surface area contributed by atoms with E-state index in [1.807, 2.05) is 0 Å². The van der Waals surface area contributed by atoms with Crippen molar-refractivity contribution >= 4 is 40.9 Å². The maximum atomic E-state index is 13.5. The first-order chi connectivity index (χ1) is 14.6. The molecule has 1 aromatic carbocycles. The van der Waals surface area contributed by atoms with Crippen molar-refractivity contribution in [3.63, 3.8) is 0 Å². The number of amides is 3. The second-order valence-corrected chi connectivity index (χ2v) is 9.32. The van der Waals surface area contributed by atoms with Gasteiger partial charge in [-0.25, -0.2) is 4.79 Å². The van der Waals surface area contributed by atoms with Gasteiger partial charge in [0, 0.05) is 31.6 Å². The molecule has 1 N–H and O–H groups in total. The molecule has 0 saturated carbocycles. The summed E-state index contributed by atoms with van der Waals surface area (Å²) in [5.74, 6) is 2.17. The first-order valence-electron chi connectivity index (χ1n) is 10.4. The fourth-order valence-electron chi connectivity index (χ4n) is 4.07. The molecule has 0 spiro atoms. The van der Waals surface area contributed by atoms with Gasteiger partial charge in [0.2, 0.25) is 5.91 Å². The van der Waals surface area contributed by atoms with Crippen molar-refractivity contribution in [2.45, 2.75) is 64.0 Å². The smallest absolute Gasteiger partial charge is 0.411 e. The topological polar surface area (TPSA) is 79.0 Å². The third-order valence-corrected chi connectivity index (χ3v) is 5.83. The van der Waals surface area contributed by atoms with Gasteiger partial charge in [0.25, 0.3) is 5.91 Å². The SMILES string of the molecule is C#CC[C@@]1(C(=O)Nc2cc(N3CCCC3=O)ccc2Cl)CCCN1C(=O)OC(C)(C)C. The largest absolute Gasteiger partial charge is 0.444 e. The minimum absolute atomic E-state index is 0.0373. The van der Waals surface area contributed by atoms with Crippen molar-refractivity contribution in [2.75, 3.05) is 23.3 Å². The van der Waals surface area contributed by atoms with Gasteiger partial charge in [-0.2, -0.15) is 0 Å². The number of carbonyl (C=O) groups is 3. The molecule has 1 aromatic rings. The molecule has 0 bridgehead atoms. The monoisotopic (exact) mass is 445 g/mol. The zero-order chi connectivity index (χ0) is 22.8. The van der Waals surface area contributed by atoms with Crippen molar-refractivity contribution in [3.8, 4) is 12.3 Å². The van der Waals surface area contributed by atoms with E-state index in [-0.39, 0.29) is 12.3 Å². The van der Waals surface area contributed by atoms with E-state index in [1.165, 1.54) is 4.90 Å². The van der Waals surface area contributed by atoms with Crippen LogP contribution in [-0.2, 0) is 14.3 Å². The summed E-state index contributed by atoms with van der Waals surface area (Å²) in [5.41, 5.74) is -0.877. The number of hydrogen-bond donors (Lipinski definition) is 1. The Balaban J connectivity index is 1.88.